The van der Waals surface area contributed by atoms with E-state index in [-0.39, 0.29) is 6.04 Å². The number of aromatic amines is 1. The highest BCUT2D eigenvalue weighted by Crippen LogP contribution is 2.44. The Balaban J connectivity index is 1.57. The van der Waals surface area contributed by atoms with Gasteiger partial charge in [0.15, 0.2) is 0 Å². The topological polar surface area (TPSA) is 80.7 Å². The summed E-state index contributed by atoms with van der Waals surface area (Å²) in [6, 6.07) is 36.4. The van der Waals surface area contributed by atoms with Crippen LogP contribution in [0.15, 0.2) is 109 Å². The van der Waals surface area contributed by atoms with Gasteiger partial charge in [-0.1, -0.05) is 97.9 Å². The molecule has 0 unspecified atom stereocenters. The van der Waals surface area contributed by atoms with Gasteiger partial charge in [-0.2, -0.15) is 10.2 Å². The molecule has 2 N–H and O–H groups in total. The molecule has 1 saturated heterocycles. The minimum absolute atomic E-state index is 0.278. The Kier molecular flexibility index (Phi) is 7.01. The fourth-order valence-corrected chi connectivity index (χ4v) is 6.21. The van der Waals surface area contributed by atoms with E-state index in [0.717, 1.165) is 83.0 Å². The van der Waals surface area contributed by atoms with Crippen molar-refractivity contribution in [2.45, 2.75) is 37.8 Å². The number of benzene rings is 3. The Labute approximate surface area is 245 Å². The second-order valence-corrected chi connectivity index (χ2v) is 10.8. The molecule has 7 nitrogen and oxygen atoms in total. The molecule has 0 spiro atoms. The zero-order valence-corrected chi connectivity index (χ0v) is 23.7. The fourth-order valence-electron chi connectivity index (χ4n) is 6.21. The number of pyridine rings is 1. The molecule has 7 heteroatoms. The Morgan fingerprint density at radius 1 is 0.857 bits per heavy atom. The van der Waals surface area contributed by atoms with Crippen LogP contribution in [0.2, 0.25) is 0 Å². The zero-order chi connectivity index (χ0) is 28.4. The maximum atomic E-state index is 5.64. The van der Waals surface area contributed by atoms with Crippen molar-refractivity contribution in [3.63, 3.8) is 0 Å². The van der Waals surface area contributed by atoms with Crippen LogP contribution in [0.4, 0.5) is 5.82 Å². The molecule has 1 aliphatic rings. The van der Waals surface area contributed by atoms with Crippen molar-refractivity contribution in [1.29, 1.82) is 0 Å². The van der Waals surface area contributed by atoms with Crippen molar-refractivity contribution in [2.24, 2.45) is 0 Å². The highest BCUT2D eigenvalue weighted by Gasteiger charge is 2.41. The quantitative estimate of drug-likeness (QED) is 0.202. The third-order valence-electron chi connectivity index (χ3n) is 8.30. The van der Waals surface area contributed by atoms with Gasteiger partial charge >= 0.3 is 0 Å². The first-order valence-electron chi connectivity index (χ1n) is 14.7. The molecule has 0 saturated carbocycles. The van der Waals surface area contributed by atoms with Crippen molar-refractivity contribution < 1.29 is 4.74 Å². The lowest BCUT2D eigenvalue weighted by Gasteiger charge is -2.37. The number of aromatic nitrogens is 5. The summed E-state index contributed by atoms with van der Waals surface area (Å²) in [5, 5.41) is 18.2. The number of nitrogens with zero attached hydrogens (tertiary/aromatic N) is 4. The molecule has 7 rings (SSSR count). The van der Waals surface area contributed by atoms with Crippen LogP contribution in [0.3, 0.4) is 0 Å². The summed E-state index contributed by atoms with van der Waals surface area (Å²) < 4.78 is 7.83. The van der Waals surface area contributed by atoms with E-state index in [1.165, 1.54) is 0 Å². The molecule has 42 heavy (non-hydrogen) atoms. The van der Waals surface area contributed by atoms with Crippen LogP contribution >= 0.6 is 0 Å². The minimum Gasteiger partial charge on any atom is -0.381 e. The molecule has 1 aliphatic heterocycles. The van der Waals surface area contributed by atoms with Gasteiger partial charge in [0.25, 0.3) is 0 Å². The summed E-state index contributed by atoms with van der Waals surface area (Å²) in [5.74, 6) is 0.824. The third-order valence-corrected chi connectivity index (χ3v) is 8.30. The lowest BCUT2D eigenvalue weighted by Crippen LogP contribution is -2.38. The Morgan fingerprint density at radius 2 is 1.45 bits per heavy atom. The van der Waals surface area contributed by atoms with E-state index in [9.17, 15) is 0 Å². The zero-order valence-electron chi connectivity index (χ0n) is 23.7. The van der Waals surface area contributed by atoms with Gasteiger partial charge in [0.05, 0.1) is 10.9 Å². The highest BCUT2D eigenvalue weighted by molar-refractivity contribution is 6.00. The van der Waals surface area contributed by atoms with Gasteiger partial charge in [-0.05, 0) is 48.1 Å². The smallest absolute Gasteiger partial charge is 0.138 e. The number of fused-ring (bicyclic) bond motifs is 1. The molecule has 6 aromatic rings. The third kappa shape index (κ3) is 4.46. The largest absolute Gasteiger partial charge is 0.381 e. The molecule has 3 aromatic carbocycles. The van der Waals surface area contributed by atoms with E-state index < -0.39 is 5.54 Å². The van der Waals surface area contributed by atoms with Gasteiger partial charge < -0.3 is 10.1 Å². The summed E-state index contributed by atoms with van der Waals surface area (Å²) in [6.45, 7) is 3.62. The highest BCUT2D eigenvalue weighted by atomic mass is 16.5. The van der Waals surface area contributed by atoms with E-state index in [4.69, 9.17) is 19.9 Å². The first-order chi connectivity index (χ1) is 20.8. The Bertz CT molecular complexity index is 1680. The standard InChI is InChI=1S/C35H34N6O/c1-2-28-24-30(39-38-28)33-32-31(18-21-36-34(32)37-29-19-22-42-23-20-29)41(40-33)35(25-12-6-3-7-13-25,26-14-8-4-9-15-26)27-16-10-5-11-17-27/h3-18,21,24,29H,2,19-20,22-23H2,1H3,(H,36,37)(H,38,39). The van der Waals surface area contributed by atoms with Crippen molar-refractivity contribution in [2.75, 3.05) is 18.5 Å². The predicted molar refractivity (Wildman–Crippen MR) is 167 cm³/mol. The Morgan fingerprint density at radius 3 is 2.00 bits per heavy atom. The number of aryl methyl sites for hydroxylation is 1. The molecule has 0 radical (unpaired) electrons. The summed E-state index contributed by atoms with van der Waals surface area (Å²) in [4.78, 5) is 4.88. The minimum atomic E-state index is -0.762. The van der Waals surface area contributed by atoms with Crippen LogP contribution < -0.4 is 5.32 Å². The van der Waals surface area contributed by atoms with E-state index in [0.29, 0.717) is 0 Å². The van der Waals surface area contributed by atoms with Crippen LogP contribution in [0.1, 0.15) is 42.1 Å². The molecule has 0 amide bonds. The average molecular weight is 555 g/mol. The summed E-state index contributed by atoms with van der Waals surface area (Å²) in [5.41, 5.74) is 6.24. The second-order valence-electron chi connectivity index (χ2n) is 10.8. The molecule has 1 fully saturated rings. The maximum absolute atomic E-state index is 5.64. The molecule has 0 bridgehead atoms. The van der Waals surface area contributed by atoms with E-state index in [1.807, 2.05) is 6.20 Å². The van der Waals surface area contributed by atoms with Gasteiger partial charge in [0.2, 0.25) is 0 Å². The van der Waals surface area contributed by atoms with Crippen molar-refractivity contribution in [3.8, 4) is 11.4 Å². The Hall–Kier alpha value is -4.75. The number of anilines is 1. The predicted octanol–water partition coefficient (Wildman–Crippen LogP) is 6.81. The number of nitrogens with one attached hydrogen (secondary N) is 2. The first kappa shape index (κ1) is 26.2. The lowest BCUT2D eigenvalue weighted by molar-refractivity contribution is 0.0904. The maximum Gasteiger partial charge on any atom is 0.138 e. The molecule has 4 heterocycles. The molecule has 210 valence electrons. The molecule has 0 aliphatic carbocycles. The van der Waals surface area contributed by atoms with Crippen LogP contribution in [-0.4, -0.2) is 44.2 Å². The number of rotatable bonds is 8. The SMILES string of the molecule is CCc1cc(-c2nn(C(c3ccccc3)(c3ccccc3)c3ccccc3)c3ccnc(NC4CCOCC4)c23)n[nH]1. The average Bonchev–Trinajstić information content (AvgIpc) is 3.70. The summed E-state index contributed by atoms with van der Waals surface area (Å²) in [7, 11) is 0. The van der Waals surface area contributed by atoms with Crippen molar-refractivity contribution in [3.05, 3.63) is 132 Å². The fraction of sp³-hybridized carbons (Fsp3) is 0.229. The number of ether oxygens (including phenoxy) is 1. The van der Waals surface area contributed by atoms with Crippen LogP contribution in [0.25, 0.3) is 22.3 Å². The van der Waals surface area contributed by atoms with Crippen LogP contribution in [0.5, 0.6) is 0 Å². The molecular formula is C35H34N6O. The van der Waals surface area contributed by atoms with Crippen molar-refractivity contribution >= 4 is 16.7 Å². The van der Waals surface area contributed by atoms with Crippen LogP contribution in [0, 0.1) is 0 Å². The second kappa shape index (κ2) is 11.3. The van der Waals surface area contributed by atoms with Gasteiger partial charge in [0.1, 0.15) is 22.7 Å². The number of hydrogen-bond acceptors (Lipinski definition) is 5. The van der Waals surface area contributed by atoms with Gasteiger partial charge in [-0.25, -0.2) is 9.67 Å². The van der Waals surface area contributed by atoms with Crippen molar-refractivity contribution in [1.82, 2.24) is 25.0 Å². The molecular weight excluding hydrogens is 520 g/mol. The van der Waals surface area contributed by atoms with Gasteiger partial charge in [-0.15, -0.1) is 0 Å². The molecule has 0 atom stereocenters. The normalized spacial score (nSPS) is 14.3. The number of H-pyrrole nitrogens is 1. The first-order valence-corrected chi connectivity index (χ1v) is 14.7. The summed E-state index contributed by atoms with van der Waals surface area (Å²) in [6.07, 6.45) is 4.62. The van der Waals surface area contributed by atoms with E-state index in [1.54, 1.807) is 0 Å². The number of hydrogen-bond donors (Lipinski definition) is 2. The molecule has 3 aromatic heterocycles. The monoisotopic (exact) mass is 554 g/mol. The lowest BCUT2D eigenvalue weighted by atomic mass is 9.77. The van der Waals surface area contributed by atoms with Gasteiger partial charge in [-0.3, -0.25) is 5.10 Å². The van der Waals surface area contributed by atoms with E-state index in [2.05, 4.69) is 125 Å². The van der Waals surface area contributed by atoms with Crippen LogP contribution in [-0.2, 0) is 16.7 Å². The van der Waals surface area contributed by atoms with Gasteiger partial charge in [0, 0.05) is 31.1 Å². The summed E-state index contributed by atoms with van der Waals surface area (Å²) >= 11 is 0. The van der Waals surface area contributed by atoms with E-state index >= 15 is 0 Å².